The third kappa shape index (κ3) is 4.60. The van der Waals surface area contributed by atoms with Gasteiger partial charge in [0, 0.05) is 38.5 Å². The van der Waals surface area contributed by atoms with E-state index < -0.39 is 0 Å². The fraction of sp³-hybridized carbons (Fsp3) is 0. The number of benzene rings is 7. The Balaban J connectivity index is 1.50. The van der Waals surface area contributed by atoms with Crippen LogP contribution in [0.1, 0.15) is 0 Å². The smallest absolute Gasteiger partial charge is 0.210 e. The average Bonchev–Trinajstić information content (AvgIpc) is 3.77. The fourth-order valence-corrected chi connectivity index (χ4v) is 8.14. The van der Waals surface area contributed by atoms with Gasteiger partial charge in [-0.05, 0) is 59.2 Å². The van der Waals surface area contributed by atoms with Crippen molar-refractivity contribution >= 4 is 55.0 Å². The van der Waals surface area contributed by atoms with Crippen molar-refractivity contribution in [2.24, 2.45) is 0 Å². The van der Waals surface area contributed by atoms with Gasteiger partial charge in [0.25, 0.3) is 0 Å². The minimum absolute atomic E-state index is 0.347. The third-order valence-corrected chi connectivity index (χ3v) is 10.3. The molecule has 3 heterocycles. The highest BCUT2D eigenvalue weighted by Crippen LogP contribution is 2.52. The Hall–Kier alpha value is -7.73. The van der Waals surface area contributed by atoms with E-state index in [0.29, 0.717) is 28.3 Å². The summed E-state index contributed by atoms with van der Waals surface area (Å²) in [5, 5.41) is 4.46. The van der Waals surface area contributed by atoms with Crippen molar-refractivity contribution in [3.63, 3.8) is 0 Å². The maximum Gasteiger partial charge on any atom is 0.210 e. The number of hydrogen-bond acceptors (Lipinski definition) is 1. The summed E-state index contributed by atoms with van der Waals surface area (Å²) in [5.41, 5.74) is 11.0. The summed E-state index contributed by atoms with van der Waals surface area (Å²) in [6.07, 6.45) is 0. The summed E-state index contributed by atoms with van der Waals surface area (Å²) in [6.45, 7) is 17.3. The standard InChI is InChI=1S/C49H29N5/c1-50-47-42(32-19-7-3-8-20-32)48(51-2)46(52-45(47)33-21-9-4-10-22-33)38-31-41-43(36-27-15-17-29-39(36)53(41)34-23-11-5-12-24-34)44-37-28-16-18-30-40(37)54(49(38)44)35-25-13-6-14-26-35/h3-31H. The van der Waals surface area contributed by atoms with Crippen LogP contribution in [-0.2, 0) is 0 Å². The van der Waals surface area contributed by atoms with Gasteiger partial charge in [0.1, 0.15) is 0 Å². The fourth-order valence-electron chi connectivity index (χ4n) is 8.14. The minimum atomic E-state index is 0.347. The quantitative estimate of drug-likeness (QED) is 0.166. The first-order chi connectivity index (χ1) is 26.8. The van der Waals surface area contributed by atoms with Gasteiger partial charge in [-0.25, -0.2) is 9.69 Å². The first-order valence-corrected chi connectivity index (χ1v) is 17.8. The molecule has 7 aromatic carbocycles. The van der Waals surface area contributed by atoms with Gasteiger partial charge in [-0.2, -0.15) is 0 Å². The predicted octanol–water partition coefficient (Wildman–Crippen LogP) is 13.4. The molecule has 0 amide bonds. The van der Waals surface area contributed by atoms with E-state index in [1.807, 2.05) is 72.8 Å². The Morgan fingerprint density at radius 2 is 0.889 bits per heavy atom. The zero-order chi connectivity index (χ0) is 36.2. The third-order valence-electron chi connectivity index (χ3n) is 10.3. The summed E-state index contributed by atoms with van der Waals surface area (Å²) >= 11 is 0. The zero-order valence-corrected chi connectivity index (χ0v) is 29.0. The van der Waals surface area contributed by atoms with E-state index in [-0.39, 0.29) is 0 Å². The van der Waals surface area contributed by atoms with Gasteiger partial charge in [-0.3, -0.25) is 4.98 Å². The first-order valence-electron chi connectivity index (χ1n) is 17.8. The zero-order valence-electron chi connectivity index (χ0n) is 29.0. The van der Waals surface area contributed by atoms with Gasteiger partial charge in [0.2, 0.25) is 11.4 Å². The van der Waals surface area contributed by atoms with Crippen LogP contribution in [0.3, 0.4) is 0 Å². The number of pyridine rings is 1. The molecular weight excluding hydrogens is 659 g/mol. The molecular formula is C49H29N5. The minimum Gasteiger partial charge on any atom is -0.309 e. The van der Waals surface area contributed by atoms with Crippen molar-refractivity contribution in [2.75, 3.05) is 0 Å². The van der Waals surface area contributed by atoms with Gasteiger partial charge in [-0.1, -0.05) is 133 Å². The number of aromatic nitrogens is 3. The maximum absolute atomic E-state index is 8.80. The molecule has 10 rings (SSSR count). The van der Waals surface area contributed by atoms with Crippen molar-refractivity contribution in [1.82, 2.24) is 14.1 Å². The molecule has 54 heavy (non-hydrogen) atoms. The van der Waals surface area contributed by atoms with Gasteiger partial charge < -0.3 is 9.13 Å². The summed E-state index contributed by atoms with van der Waals surface area (Å²) in [5.74, 6) is 0. The van der Waals surface area contributed by atoms with Crippen LogP contribution in [0.15, 0.2) is 176 Å². The molecule has 250 valence electrons. The van der Waals surface area contributed by atoms with E-state index in [9.17, 15) is 0 Å². The lowest BCUT2D eigenvalue weighted by Gasteiger charge is -2.19. The molecule has 0 unspecified atom stereocenters. The van der Waals surface area contributed by atoms with Crippen LogP contribution in [0.5, 0.6) is 0 Å². The van der Waals surface area contributed by atoms with Crippen LogP contribution in [0, 0.1) is 13.1 Å². The molecule has 0 fully saturated rings. The van der Waals surface area contributed by atoms with Gasteiger partial charge in [0.15, 0.2) is 0 Å². The highest BCUT2D eigenvalue weighted by atomic mass is 15.0. The Kier molecular flexibility index (Phi) is 7.18. The molecule has 5 nitrogen and oxygen atoms in total. The van der Waals surface area contributed by atoms with E-state index in [2.05, 4.69) is 122 Å². The molecule has 10 aromatic rings. The van der Waals surface area contributed by atoms with E-state index in [1.54, 1.807) is 0 Å². The van der Waals surface area contributed by atoms with Crippen LogP contribution in [0.25, 0.3) is 98.3 Å². The largest absolute Gasteiger partial charge is 0.309 e. The van der Waals surface area contributed by atoms with Crippen LogP contribution < -0.4 is 0 Å². The second-order valence-electron chi connectivity index (χ2n) is 13.3. The van der Waals surface area contributed by atoms with Crippen molar-refractivity contribution in [2.45, 2.75) is 0 Å². The molecule has 3 aromatic heterocycles. The second kappa shape index (κ2) is 12.5. The van der Waals surface area contributed by atoms with Crippen LogP contribution in [-0.4, -0.2) is 14.1 Å². The molecule has 0 N–H and O–H groups in total. The lowest BCUT2D eigenvalue weighted by atomic mass is 9.93. The van der Waals surface area contributed by atoms with E-state index in [1.165, 1.54) is 0 Å². The van der Waals surface area contributed by atoms with Gasteiger partial charge in [0.05, 0.1) is 46.6 Å². The molecule has 0 saturated heterocycles. The maximum atomic E-state index is 8.80. The topological polar surface area (TPSA) is 31.5 Å². The van der Waals surface area contributed by atoms with Crippen molar-refractivity contribution in [3.8, 4) is 45.0 Å². The lowest BCUT2D eigenvalue weighted by molar-refractivity contribution is 1.17. The Bertz CT molecular complexity index is 3150. The highest BCUT2D eigenvalue weighted by molar-refractivity contribution is 6.32. The number of hydrogen-bond donors (Lipinski definition) is 0. The number of nitrogens with zero attached hydrogens (tertiary/aromatic N) is 5. The van der Waals surface area contributed by atoms with Gasteiger partial charge in [-0.15, -0.1) is 0 Å². The van der Waals surface area contributed by atoms with Crippen molar-refractivity contribution in [1.29, 1.82) is 0 Å². The predicted molar refractivity (Wildman–Crippen MR) is 222 cm³/mol. The molecule has 0 saturated carbocycles. The van der Waals surface area contributed by atoms with E-state index >= 15 is 0 Å². The summed E-state index contributed by atoms with van der Waals surface area (Å²) in [7, 11) is 0. The molecule has 0 atom stereocenters. The number of fused-ring (bicyclic) bond motifs is 7. The highest BCUT2D eigenvalue weighted by Gasteiger charge is 2.29. The lowest BCUT2D eigenvalue weighted by Crippen LogP contribution is -1.99. The molecule has 0 aliphatic heterocycles. The molecule has 0 aliphatic rings. The van der Waals surface area contributed by atoms with Crippen LogP contribution >= 0.6 is 0 Å². The Labute approximate surface area is 311 Å². The second-order valence-corrected chi connectivity index (χ2v) is 13.3. The van der Waals surface area contributed by atoms with Crippen LogP contribution in [0.2, 0.25) is 0 Å². The van der Waals surface area contributed by atoms with Crippen LogP contribution in [0.4, 0.5) is 11.4 Å². The number of rotatable bonds is 5. The summed E-state index contributed by atoms with van der Waals surface area (Å²) < 4.78 is 4.64. The molecule has 0 spiro atoms. The number of para-hydroxylation sites is 4. The first kappa shape index (κ1) is 31.0. The van der Waals surface area contributed by atoms with Gasteiger partial charge >= 0.3 is 0 Å². The SMILES string of the molecule is [C-]#[N+]c1c(-c2ccccc2)nc(-c2cc3c(c4ccccc4n3-c3ccccc3)c3c4ccccc4n(-c4ccccc4)c23)c([N+]#[C-])c1-c1ccccc1. The Morgan fingerprint density at radius 3 is 1.48 bits per heavy atom. The normalized spacial score (nSPS) is 11.3. The Morgan fingerprint density at radius 1 is 0.426 bits per heavy atom. The van der Waals surface area contributed by atoms with Crippen molar-refractivity contribution in [3.05, 3.63) is 199 Å². The monoisotopic (exact) mass is 687 g/mol. The van der Waals surface area contributed by atoms with E-state index in [0.717, 1.165) is 71.7 Å². The molecule has 5 heteroatoms. The van der Waals surface area contributed by atoms with E-state index in [4.69, 9.17) is 18.1 Å². The average molecular weight is 688 g/mol. The molecule has 0 radical (unpaired) electrons. The molecule has 0 aliphatic carbocycles. The van der Waals surface area contributed by atoms with Crippen molar-refractivity contribution < 1.29 is 0 Å². The summed E-state index contributed by atoms with van der Waals surface area (Å²) in [4.78, 5) is 13.8. The molecule has 0 bridgehead atoms. The summed E-state index contributed by atoms with van der Waals surface area (Å²) in [6, 6.07) is 59.9.